The van der Waals surface area contributed by atoms with Gasteiger partial charge in [0.1, 0.15) is 4.90 Å². The molecule has 0 spiro atoms. The van der Waals surface area contributed by atoms with E-state index >= 15 is 0 Å². The third-order valence-electron chi connectivity index (χ3n) is 2.68. The maximum absolute atomic E-state index is 12.5. The van der Waals surface area contributed by atoms with Gasteiger partial charge in [0.2, 0.25) is 0 Å². The molecular formula is C13H9BrCl3NO2S. The maximum atomic E-state index is 12.5. The van der Waals surface area contributed by atoms with Gasteiger partial charge in [-0.25, -0.2) is 8.42 Å². The van der Waals surface area contributed by atoms with E-state index in [0.29, 0.717) is 15.2 Å². The Morgan fingerprint density at radius 3 is 2.19 bits per heavy atom. The molecule has 0 radical (unpaired) electrons. The van der Waals surface area contributed by atoms with Crippen LogP contribution in [0.5, 0.6) is 0 Å². The molecule has 0 saturated heterocycles. The van der Waals surface area contributed by atoms with E-state index in [1.54, 1.807) is 19.1 Å². The van der Waals surface area contributed by atoms with Crippen LogP contribution in [0.25, 0.3) is 0 Å². The van der Waals surface area contributed by atoms with E-state index < -0.39 is 10.0 Å². The first-order valence-electron chi connectivity index (χ1n) is 5.64. The lowest BCUT2D eigenvalue weighted by Gasteiger charge is -2.13. The summed E-state index contributed by atoms with van der Waals surface area (Å²) in [5.74, 6) is 0. The molecule has 0 aliphatic carbocycles. The summed E-state index contributed by atoms with van der Waals surface area (Å²) in [6.45, 7) is 1.76. The second-order valence-corrected chi connectivity index (χ2v) is 8.05. The molecule has 0 unspecified atom stereocenters. The fourth-order valence-electron chi connectivity index (χ4n) is 1.69. The van der Waals surface area contributed by atoms with Gasteiger partial charge < -0.3 is 0 Å². The molecule has 3 nitrogen and oxygen atoms in total. The number of anilines is 1. The third kappa shape index (κ3) is 3.85. The number of hydrogen-bond donors (Lipinski definition) is 1. The van der Waals surface area contributed by atoms with Gasteiger partial charge in [-0.1, -0.05) is 56.8 Å². The summed E-state index contributed by atoms with van der Waals surface area (Å²) in [6, 6.07) is 7.84. The normalized spacial score (nSPS) is 11.5. The number of benzene rings is 2. The van der Waals surface area contributed by atoms with Crippen molar-refractivity contribution < 1.29 is 8.42 Å². The molecule has 0 aliphatic heterocycles. The maximum Gasteiger partial charge on any atom is 0.264 e. The highest BCUT2D eigenvalue weighted by molar-refractivity contribution is 9.10. The lowest BCUT2D eigenvalue weighted by molar-refractivity contribution is 0.601. The molecule has 2 aromatic carbocycles. The highest BCUT2D eigenvalue weighted by atomic mass is 79.9. The molecular weight excluding hydrogens is 420 g/mol. The summed E-state index contributed by atoms with van der Waals surface area (Å²) in [5.41, 5.74) is 1.10. The van der Waals surface area contributed by atoms with Gasteiger partial charge >= 0.3 is 0 Å². The van der Waals surface area contributed by atoms with Crippen molar-refractivity contribution >= 4 is 66.4 Å². The predicted molar refractivity (Wildman–Crippen MR) is 91.2 cm³/mol. The van der Waals surface area contributed by atoms with Gasteiger partial charge in [-0.15, -0.1) is 0 Å². The summed E-state index contributed by atoms with van der Waals surface area (Å²) in [7, 11) is -3.92. The fourth-order valence-corrected chi connectivity index (χ4v) is 4.92. The topological polar surface area (TPSA) is 46.2 Å². The Morgan fingerprint density at radius 2 is 1.62 bits per heavy atom. The van der Waals surface area contributed by atoms with Crippen molar-refractivity contribution in [1.82, 2.24) is 0 Å². The molecule has 0 bridgehead atoms. The van der Waals surface area contributed by atoms with Crippen LogP contribution >= 0.6 is 50.7 Å². The van der Waals surface area contributed by atoms with Crippen LogP contribution in [0.3, 0.4) is 0 Å². The molecule has 0 atom stereocenters. The van der Waals surface area contributed by atoms with Gasteiger partial charge in [-0.3, -0.25) is 4.72 Å². The minimum Gasteiger partial charge on any atom is -0.279 e. The van der Waals surface area contributed by atoms with Crippen LogP contribution in [0.4, 0.5) is 5.69 Å². The molecule has 8 heteroatoms. The molecule has 0 aliphatic rings. The van der Waals surface area contributed by atoms with Crippen molar-refractivity contribution in [2.24, 2.45) is 0 Å². The highest BCUT2D eigenvalue weighted by Gasteiger charge is 2.23. The summed E-state index contributed by atoms with van der Waals surface area (Å²) in [5, 5.41) is 0.481. The van der Waals surface area contributed by atoms with E-state index in [1.807, 2.05) is 0 Å². The van der Waals surface area contributed by atoms with Gasteiger partial charge in [0.05, 0.1) is 15.7 Å². The Balaban J connectivity index is 2.51. The zero-order valence-electron chi connectivity index (χ0n) is 10.6. The predicted octanol–water partition coefficient (Wildman–Crippen LogP) is 5.52. The van der Waals surface area contributed by atoms with E-state index in [9.17, 15) is 8.42 Å². The van der Waals surface area contributed by atoms with E-state index in [0.717, 1.165) is 5.56 Å². The highest BCUT2D eigenvalue weighted by Crippen LogP contribution is 2.34. The van der Waals surface area contributed by atoms with Crippen LogP contribution in [-0.4, -0.2) is 8.42 Å². The number of hydrogen-bond acceptors (Lipinski definition) is 2. The molecule has 112 valence electrons. The van der Waals surface area contributed by atoms with Crippen LogP contribution in [0.2, 0.25) is 15.1 Å². The Bertz CT molecular complexity index is 786. The van der Waals surface area contributed by atoms with Gasteiger partial charge in [0.15, 0.2) is 0 Å². The van der Waals surface area contributed by atoms with Crippen LogP contribution in [0, 0.1) is 6.92 Å². The lowest BCUT2D eigenvalue weighted by atomic mass is 10.2. The fraction of sp³-hybridized carbons (Fsp3) is 0.0769. The van der Waals surface area contributed by atoms with Crippen molar-refractivity contribution in [3.05, 3.63) is 55.4 Å². The van der Waals surface area contributed by atoms with Crippen molar-refractivity contribution in [3.8, 4) is 0 Å². The van der Waals surface area contributed by atoms with Crippen LogP contribution in [0.15, 0.2) is 39.7 Å². The third-order valence-corrected chi connectivity index (χ3v) is 5.65. The molecule has 0 amide bonds. The molecule has 2 rings (SSSR count). The van der Waals surface area contributed by atoms with E-state index in [2.05, 4.69) is 20.7 Å². The molecule has 2 aromatic rings. The van der Waals surface area contributed by atoms with E-state index in [1.165, 1.54) is 18.2 Å². The van der Waals surface area contributed by atoms with Gasteiger partial charge in [0.25, 0.3) is 10.0 Å². The summed E-state index contributed by atoms with van der Waals surface area (Å²) >= 11 is 21.1. The van der Waals surface area contributed by atoms with E-state index in [-0.39, 0.29) is 14.9 Å². The average molecular weight is 430 g/mol. The van der Waals surface area contributed by atoms with E-state index in [4.69, 9.17) is 34.8 Å². The quantitative estimate of drug-likeness (QED) is 0.698. The first kappa shape index (κ1) is 16.9. The van der Waals surface area contributed by atoms with Crippen molar-refractivity contribution in [3.63, 3.8) is 0 Å². The van der Waals surface area contributed by atoms with Crippen molar-refractivity contribution in [2.45, 2.75) is 11.8 Å². The number of nitrogens with one attached hydrogen (secondary N) is 1. The summed E-state index contributed by atoms with van der Waals surface area (Å²) in [6.07, 6.45) is 0. The monoisotopic (exact) mass is 427 g/mol. The summed E-state index contributed by atoms with van der Waals surface area (Å²) in [4.78, 5) is -0.173. The van der Waals surface area contributed by atoms with Crippen molar-refractivity contribution in [2.75, 3.05) is 4.72 Å². The standard InChI is InChI=1S/C13H9BrCl3NO2S/c1-7-2-3-9(15)6-12(7)18-21(19,20)13-10(16)4-8(14)5-11(13)17/h2-6,18H,1H3. The number of halogens is 4. The Kier molecular flexibility index (Phi) is 5.11. The minimum atomic E-state index is -3.92. The van der Waals surface area contributed by atoms with Gasteiger partial charge in [-0.2, -0.15) is 0 Å². The molecule has 21 heavy (non-hydrogen) atoms. The molecule has 0 saturated carbocycles. The first-order valence-corrected chi connectivity index (χ1v) is 9.05. The summed E-state index contributed by atoms with van der Waals surface area (Å²) < 4.78 is 28.0. The Labute approximate surface area is 146 Å². The molecule has 0 heterocycles. The first-order chi connectivity index (χ1) is 9.70. The minimum absolute atomic E-state index is 0.0292. The number of sulfonamides is 1. The average Bonchev–Trinajstić information content (AvgIpc) is 2.31. The second-order valence-electron chi connectivity index (χ2n) is 4.26. The van der Waals surface area contributed by atoms with Crippen LogP contribution < -0.4 is 4.72 Å². The number of rotatable bonds is 3. The van der Waals surface area contributed by atoms with Crippen LogP contribution in [0.1, 0.15) is 5.56 Å². The van der Waals surface area contributed by atoms with Gasteiger partial charge in [-0.05, 0) is 36.8 Å². The smallest absolute Gasteiger partial charge is 0.264 e. The Hall–Kier alpha value is -0.460. The Morgan fingerprint density at radius 1 is 1.05 bits per heavy atom. The molecule has 0 aromatic heterocycles. The van der Waals surface area contributed by atoms with Crippen molar-refractivity contribution in [1.29, 1.82) is 0 Å². The second kappa shape index (κ2) is 6.34. The lowest BCUT2D eigenvalue weighted by Crippen LogP contribution is -2.15. The largest absolute Gasteiger partial charge is 0.279 e. The molecule has 1 N–H and O–H groups in total. The zero-order chi connectivity index (χ0) is 15.8. The SMILES string of the molecule is Cc1ccc(Cl)cc1NS(=O)(=O)c1c(Cl)cc(Br)cc1Cl. The van der Waals surface area contributed by atoms with Gasteiger partial charge in [0, 0.05) is 9.50 Å². The zero-order valence-corrected chi connectivity index (χ0v) is 15.3. The number of aryl methyl sites for hydroxylation is 1. The van der Waals surface area contributed by atoms with Crippen LogP contribution in [-0.2, 0) is 10.0 Å². The molecule has 0 fully saturated rings.